The van der Waals surface area contributed by atoms with Crippen LogP contribution in [0, 0.1) is 0 Å². The molecule has 0 unspecified atom stereocenters. The molecule has 1 aromatic rings. The van der Waals surface area contributed by atoms with Crippen molar-refractivity contribution in [3.05, 3.63) is 33.8 Å². The lowest BCUT2D eigenvalue weighted by Gasteiger charge is -2.40. The van der Waals surface area contributed by atoms with E-state index in [1.807, 2.05) is 12.1 Å². The third-order valence-corrected chi connectivity index (χ3v) is 4.48. The summed E-state index contributed by atoms with van der Waals surface area (Å²) >= 11 is 12.4. The average molecular weight is 286 g/mol. The number of rotatable bonds is 3. The van der Waals surface area contributed by atoms with Crippen molar-refractivity contribution in [1.82, 2.24) is 4.90 Å². The van der Waals surface area contributed by atoms with Gasteiger partial charge in [-0.25, -0.2) is 0 Å². The minimum atomic E-state index is 0.212. The standard InChI is InChI=1S/C15H21Cl2N/c1-18(2)11-15(8-4-3-5-9-15)13-7-6-12(16)10-14(13)17/h6-7,10H,3-5,8-9,11H2,1-2H3. The normalized spacial score (nSPS) is 19.2. The van der Waals surface area contributed by atoms with Crippen LogP contribution in [-0.4, -0.2) is 25.5 Å². The molecule has 0 saturated heterocycles. The predicted octanol–water partition coefficient (Wildman–Crippen LogP) is 4.76. The van der Waals surface area contributed by atoms with Crippen molar-refractivity contribution in [2.75, 3.05) is 20.6 Å². The second-order valence-corrected chi connectivity index (χ2v) is 6.55. The summed E-state index contributed by atoms with van der Waals surface area (Å²) in [7, 11) is 4.28. The highest BCUT2D eigenvalue weighted by Crippen LogP contribution is 2.43. The van der Waals surface area contributed by atoms with E-state index in [1.54, 1.807) is 0 Å². The number of hydrogen-bond donors (Lipinski definition) is 0. The third-order valence-electron chi connectivity index (χ3n) is 3.93. The number of benzene rings is 1. The molecule has 0 N–H and O–H groups in total. The van der Waals surface area contributed by atoms with Crippen molar-refractivity contribution in [2.45, 2.75) is 37.5 Å². The Bertz CT molecular complexity index is 409. The zero-order valence-corrected chi connectivity index (χ0v) is 12.7. The van der Waals surface area contributed by atoms with E-state index in [-0.39, 0.29) is 5.41 Å². The van der Waals surface area contributed by atoms with Crippen molar-refractivity contribution in [3.8, 4) is 0 Å². The lowest BCUT2D eigenvalue weighted by atomic mass is 9.69. The molecule has 2 rings (SSSR count). The first kappa shape index (κ1) is 14.2. The molecule has 0 amide bonds. The molecule has 0 heterocycles. The molecule has 0 aliphatic heterocycles. The molecular formula is C15H21Cl2N. The Morgan fingerprint density at radius 3 is 2.33 bits per heavy atom. The summed E-state index contributed by atoms with van der Waals surface area (Å²) in [4.78, 5) is 2.27. The van der Waals surface area contributed by atoms with Gasteiger partial charge < -0.3 is 4.90 Å². The largest absolute Gasteiger partial charge is 0.309 e. The van der Waals surface area contributed by atoms with E-state index in [9.17, 15) is 0 Å². The highest BCUT2D eigenvalue weighted by molar-refractivity contribution is 6.35. The van der Waals surface area contributed by atoms with E-state index in [0.29, 0.717) is 0 Å². The Morgan fingerprint density at radius 2 is 1.78 bits per heavy atom. The van der Waals surface area contributed by atoms with Crippen LogP contribution < -0.4 is 0 Å². The van der Waals surface area contributed by atoms with Gasteiger partial charge in [0.15, 0.2) is 0 Å². The van der Waals surface area contributed by atoms with Gasteiger partial charge in [0.05, 0.1) is 0 Å². The van der Waals surface area contributed by atoms with Crippen molar-refractivity contribution in [3.63, 3.8) is 0 Å². The first-order valence-corrected chi connectivity index (χ1v) is 7.39. The lowest BCUT2D eigenvalue weighted by molar-refractivity contribution is 0.216. The summed E-state index contributed by atoms with van der Waals surface area (Å²) in [6.07, 6.45) is 6.40. The highest BCUT2D eigenvalue weighted by Gasteiger charge is 2.35. The quantitative estimate of drug-likeness (QED) is 0.774. The number of hydrogen-bond acceptors (Lipinski definition) is 1. The summed E-state index contributed by atoms with van der Waals surface area (Å²) < 4.78 is 0. The van der Waals surface area contributed by atoms with Gasteiger partial charge in [0.2, 0.25) is 0 Å². The molecule has 0 spiro atoms. The van der Waals surface area contributed by atoms with Gasteiger partial charge in [-0.15, -0.1) is 0 Å². The van der Waals surface area contributed by atoms with E-state index >= 15 is 0 Å². The molecule has 1 aliphatic rings. The van der Waals surface area contributed by atoms with Crippen molar-refractivity contribution in [1.29, 1.82) is 0 Å². The first-order valence-electron chi connectivity index (χ1n) is 6.64. The number of likely N-dealkylation sites (N-methyl/N-ethyl adjacent to an activating group) is 1. The van der Waals surface area contributed by atoms with Crippen LogP contribution in [0.3, 0.4) is 0 Å². The molecule has 1 aromatic carbocycles. The van der Waals surface area contributed by atoms with Crippen molar-refractivity contribution in [2.24, 2.45) is 0 Å². The molecule has 1 nitrogen and oxygen atoms in total. The molecule has 1 aliphatic carbocycles. The van der Waals surface area contributed by atoms with Gasteiger partial charge in [0.1, 0.15) is 0 Å². The molecule has 0 aromatic heterocycles. The van der Waals surface area contributed by atoms with Crippen molar-refractivity contribution < 1.29 is 0 Å². The van der Waals surface area contributed by atoms with Crippen LogP contribution in [0.15, 0.2) is 18.2 Å². The minimum absolute atomic E-state index is 0.212. The molecule has 1 saturated carbocycles. The zero-order chi connectivity index (χ0) is 13.2. The molecule has 3 heteroatoms. The SMILES string of the molecule is CN(C)CC1(c2ccc(Cl)cc2Cl)CCCCC1. The second-order valence-electron chi connectivity index (χ2n) is 5.70. The Labute approximate surface area is 120 Å². The van der Waals surface area contributed by atoms with E-state index in [0.717, 1.165) is 16.6 Å². The van der Waals surface area contributed by atoms with Crippen LogP contribution in [-0.2, 0) is 5.41 Å². The first-order chi connectivity index (χ1) is 8.53. The van der Waals surface area contributed by atoms with E-state index in [2.05, 4.69) is 25.1 Å². The lowest BCUT2D eigenvalue weighted by Crippen LogP contribution is -2.39. The van der Waals surface area contributed by atoms with E-state index in [4.69, 9.17) is 23.2 Å². The summed E-state index contributed by atoms with van der Waals surface area (Å²) in [6.45, 7) is 1.06. The summed E-state index contributed by atoms with van der Waals surface area (Å²) in [5.74, 6) is 0. The Kier molecular flexibility index (Phi) is 4.58. The van der Waals surface area contributed by atoms with Gasteiger partial charge in [-0.05, 0) is 44.6 Å². The molecule has 18 heavy (non-hydrogen) atoms. The van der Waals surface area contributed by atoms with Crippen LogP contribution in [0.5, 0.6) is 0 Å². The molecule has 0 bridgehead atoms. The van der Waals surface area contributed by atoms with E-state index in [1.165, 1.54) is 37.7 Å². The maximum Gasteiger partial charge on any atom is 0.0458 e. The fraction of sp³-hybridized carbons (Fsp3) is 0.600. The average Bonchev–Trinajstić information content (AvgIpc) is 2.28. The van der Waals surface area contributed by atoms with Gasteiger partial charge in [-0.1, -0.05) is 48.5 Å². The maximum absolute atomic E-state index is 6.43. The minimum Gasteiger partial charge on any atom is -0.309 e. The monoisotopic (exact) mass is 285 g/mol. The summed E-state index contributed by atoms with van der Waals surface area (Å²) in [5.41, 5.74) is 1.49. The molecule has 0 radical (unpaired) electrons. The number of nitrogens with zero attached hydrogens (tertiary/aromatic N) is 1. The highest BCUT2D eigenvalue weighted by atomic mass is 35.5. The van der Waals surface area contributed by atoms with Gasteiger partial charge >= 0.3 is 0 Å². The van der Waals surface area contributed by atoms with Crippen LogP contribution in [0.25, 0.3) is 0 Å². The topological polar surface area (TPSA) is 3.24 Å². The molecule has 1 fully saturated rings. The summed E-state index contributed by atoms with van der Waals surface area (Å²) in [5, 5.41) is 1.55. The van der Waals surface area contributed by atoms with Crippen LogP contribution in [0.4, 0.5) is 0 Å². The smallest absolute Gasteiger partial charge is 0.0458 e. The maximum atomic E-state index is 6.43. The number of halogens is 2. The third kappa shape index (κ3) is 3.01. The van der Waals surface area contributed by atoms with Gasteiger partial charge in [0.25, 0.3) is 0 Å². The molecular weight excluding hydrogens is 265 g/mol. The van der Waals surface area contributed by atoms with Gasteiger partial charge in [-0.3, -0.25) is 0 Å². The van der Waals surface area contributed by atoms with Crippen LogP contribution in [0.1, 0.15) is 37.7 Å². The van der Waals surface area contributed by atoms with E-state index < -0.39 is 0 Å². The second kappa shape index (κ2) is 5.81. The Morgan fingerprint density at radius 1 is 1.11 bits per heavy atom. The molecule has 100 valence electrons. The predicted molar refractivity (Wildman–Crippen MR) is 79.8 cm³/mol. The Hall–Kier alpha value is -0.240. The van der Waals surface area contributed by atoms with Crippen LogP contribution in [0.2, 0.25) is 10.0 Å². The Balaban J connectivity index is 2.38. The van der Waals surface area contributed by atoms with Crippen LogP contribution >= 0.6 is 23.2 Å². The molecule has 0 atom stereocenters. The van der Waals surface area contributed by atoms with Gasteiger partial charge in [0, 0.05) is 22.0 Å². The fourth-order valence-corrected chi connectivity index (χ4v) is 3.88. The summed E-state index contributed by atoms with van der Waals surface area (Å²) in [6, 6.07) is 5.97. The zero-order valence-electron chi connectivity index (χ0n) is 11.2. The van der Waals surface area contributed by atoms with Crippen molar-refractivity contribution >= 4 is 23.2 Å². The fourth-order valence-electron chi connectivity index (χ4n) is 3.27. The van der Waals surface area contributed by atoms with Gasteiger partial charge in [-0.2, -0.15) is 0 Å².